The molecule has 0 unspecified atom stereocenters. The second-order valence-corrected chi connectivity index (χ2v) is 6.72. The van der Waals surface area contributed by atoms with Crippen LogP contribution >= 0.6 is 0 Å². The number of amides is 2. The number of carbonyl (C=O) groups is 3. The van der Waals surface area contributed by atoms with E-state index in [1.165, 1.54) is 7.11 Å². The molecule has 1 aliphatic carbocycles. The van der Waals surface area contributed by atoms with Gasteiger partial charge in [0.25, 0.3) is 0 Å². The van der Waals surface area contributed by atoms with Gasteiger partial charge in [0.15, 0.2) is 0 Å². The zero-order valence-electron chi connectivity index (χ0n) is 15.2. The molecule has 2 N–H and O–H groups in total. The fourth-order valence-electron chi connectivity index (χ4n) is 3.07. The highest BCUT2D eigenvalue weighted by molar-refractivity contribution is 5.90. The first-order chi connectivity index (χ1) is 12.4. The predicted molar refractivity (Wildman–Crippen MR) is 95.2 cm³/mol. The first-order valence-corrected chi connectivity index (χ1v) is 8.79. The normalized spacial score (nSPS) is 22.2. The number of nitrogens with one attached hydrogen (secondary N) is 2. The van der Waals surface area contributed by atoms with Crippen LogP contribution in [0, 0.1) is 5.92 Å². The summed E-state index contributed by atoms with van der Waals surface area (Å²) in [5.41, 5.74) is -0.151. The number of ether oxygens (including phenoxy) is 2. The molecule has 1 fully saturated rings. The van der Waals surface area contributed by atoms with E-state index >= 15 is 0 Å². The Hall–Kier alpha value is -2.57. The molecule has 1 aromatic carbocycles. The van der Waals surface area contributed by atoms with E-state index in [9.17, 15) is 14.4 Å². The van der Waals surface area contributed by atoms with E-state index in [1.54, 1.807) is 0 Å². The summed E-state index contributed by atoms with van der Waals surface area (Å²) < 4.78 is 9.93. The number of alkyl carbamates (subject to hydrolysis) is 1. The minimum atomic E-state index is -1.01. The molecule has 7 heteroatoms. The molecule has 2 rings (SSSR count). The summed E-state index contributed by atoms with van der Waals surface area (Å²) >= 11 is 0. The topological polar surface area (TPSA) is 93.7 Å². The highest BCUT2D eigenvalue weighted by Gasteiger charge is 2.43. The molecular weight excluding hydrogens is 336 g/mol. The van der Waals surface area contributed by atoms with Gasteiger partial charge in [0, 0.05) is 0 Å². The smallest absolute Gasteiger partial charge is 0.407 e. The van der Waals surface area contributed by atoms with Crippen molar-refractivity contribution in [3.05, 3.63) is 35.9 Å². The number of rotatable bonds is 6. The molecule has 0 spiro atoms. The van der Waals surface area contributed by atoms with Crippen LogP contribution in [0.5, 0.6) is 0 Å². The summed E-state index contributed by atoms with van der Waals surface area (Å²) in [5, 5.41) is 5.15. The van der Waals surface area contributed by atoms with Gasteiger partial charge < -0.3 is 20.1 Å². The maximum atomic E-state index is 12.2. The van der Waals surface area contributed by atoms with Crippen molar-refractivity contribution in [2.45, 2.75) is 44.8 Å². The molecule has 0 radical (unpaired) electrons. The summed E-state index contributed by atoms with van der Waals surface area (Å²) in [6, 6.07) is 9.24. The average Bonchev–Trinajstić information content (AvgIpc) is 2.67. The molecule has 1 saturated carbocycles. The van der Waals surface area contributed by atoms with Gasteiger partial charge in [-0.05, 0) is 37.2 Å². The van der Waals surface area contributed by atoms with Gasteiger partial charge in [-0.1, -0.05) is 37.3 Å². The van der Waals surface area contributed by atoms with Gasteiger partial charge in [-0.25, -0.2) is 9.59 Å². The van der Waals surface area contributed by atoms with Crippen molar-refractivity contribution in [3.63, 3.8) is 0 Å². The lowest BCUT2D eigenvalue weighted by molar-refractivity contribution is -0.152. The van der Waals surface area contributed by atoms with E-state index in [-0.39, 0.29) is 13.2 Å². The van der Waals surface area contributed by atoms with Crippen molar-refractivity contribution >= 4 is 18.0 Å². The van der Waals surface area contributed by atoms with Crippen LogP contribution in [0.15, 0.2) is 30.3 Å². The van der Waals surface area contributed by atoms with Gasteiger partial charge in [-0.3, -0.25) is 4.79 Å². The van der Waals surface area contributed by atoms with Gasteiger partial charge in [0.05, 0.1) is 7.11 Å². The van der Waals surface area contributed by atoms with E-state index in [4.69, 9.17) is 9.47 Å². The molecule has 2 amide bonds. The molecule has 0 atom stereocenters. The van der Waals surface area contributed by atoms with Crippen molar-refractivity contribution in [3.8, 4) is 0 Å². The van der Waals surface area contributed by atoms with E-state index < -0.39 is 23.5 Å². The van der Waals surface area contributed by atoms with Crippen molar-refractivity contribution in [2.24, 2.45) is 5.92 Å². The van der Waals surface area contributed by atoms with E-state index in [0.29, 0.717) is 18.8 Å². The van der Waals surface area contributed by atoms with Crippen LogP contribution in [0.3, 0.4) is 0 Å². The van der Waals surface area contributed by atoms with Gasteiger partial charge in [0.1, 0.15) is 18.7 Å². The third-order valence-electron chi connectivity index (χ3n) is 4.69. The Balaban J connectivity index is 1.80. The third kappa shape index (κ3) is 5.47. The first kappa shape index (κ1) is 19.8. The zero-order valence-corrected chi connectivity index (χ0v) is 15.2. The second-order valence-electron chi connectivity index (χ2n) is 6.72. The Morgan fingerprint density at radius 3 is 2.42 bits per heavy atom. The second kappa shape index (κ2) is 9.22. The van der Waals surface area contributed by atoms with Crippen LogP contribution in [0.1, 0.15) is 38.2 Å². The molecule has 0 aliphatic heterocycles. The van der Waals surface area contributed by atoms with Crippen molar-refractivity contribution in [2.75, 3.05) is 13.7 Å². The standard InChI is InChI=1S/C19H26N2O5/c1-14-8-10-19(11-9-14,17(23)25-2)21-16(22)12-20-18(24)26-13-15-6-4-3-5-7-15/h3-7,14H,8-13H2,1-2H3,(H,20,24)(H,21,22). The third-order valence-corrected chi connectivity index (χ3v) is 4.69. The van der Waals surface area contributed by atoms with Crippen LogP contribution in [0.4, 0.5) is 4.79 Å². The zero-order chi connectivity index (χ0) is 19.0. The lowest BCUT2D eigenvalue weighted by atomic mass is 9.77. The van der Waals surface area contributed by atoms with E-state index in [0.717, 1.165) is 18.4 Å². The summed E-state index contributed by atoms with van der Waals surface area (Å²) in [7, 11) is 1.31. The fraction of sp³-hybridized carbons (Fsp3) is 0.526. The Labute approximate surface area is 153 Å². The van der Waals surface area contributed by atoms with Crippen LogP contribution < -0.4 is 10.6 Å². The summed E-state index contributed by atoms with van der Waals surface area (Å²) in [4.78, 5) is 36.1. The Bertz CT molecular complexity index is 624. The molecule has 0 saturated heterocycles. The lowest BCUT2D eigenvalue weighted by Crippen LogP contribution is -2.58. The minimum Gasteiger partial charge on any atom is -0.467 e. The van der Waals surface area contributed by atoms with Gasteiger partial charge >= 0.3 is 12.1 Å². The minimum absolute atomic E-state index is 0.123. The Morgan fingerprint density at radius 2 is 1.81 bits per heavy atom. The largest absolute Gasteiger partial charge is 0.467 e. The number of hydrogen-bond donors (Lipinski definition) is 2. The molecular formula is C19H26N2O5. The number of esters is 1. The maximum Gasteiger partial charge on any atom is 0.407 e. The lowest BCUT2D eigenvalue weighted by Gasteiger charge is -2.37. The Kier molecular flexibility index (Phi) is 7.00. The first-order valence-electron chi connectivity index (χ1n) is 8.79. The molecule has 0 bridgehead atoms. The van der Waals surface area contributed by atoms with Crippen LogP contribution in [0.2, 0.25) is 0 Å². The van der Waals surface area contributed by atoms with Crippen LogP contribution in [0.25, 0.3) is 0 Å². The molecule has 26 heavy (non-hydrogen) atoms. The predicted octanol–water partition coefficient (Wildman–Crippen LogP) is 2.15. The molecule has 142 valence electrons. The van der Waals surface area contributed by atoms with Crippen molar-refractivity contribution in [1.82, 2.24) is 10.6 Å². The average molecular weight is 362 g/mol. The summed E-state index contributed by atoms with van der Waals surface area (Å²) in [6.45, 7) is 1.98. The van der Waals surface area contributed by atoms with Crippen molar-refractivity contribution < 1.29 is 23.9 Å². The number of carbonyl (C=O) groups excluding carboxylic acids is 3. The van der Waals surface area contributed by atoms with Crippen LogP contribution in [-0.2, 0) is 25.7 Å². The summed E-state index contributed by atoms with van der Waals surface area (Å²) in [6.07, 6.45) is 2.05. The van der Waals surface area contributed by atoms with E-state index in [1.807, 2.05) is 30.3 Å². The van der Waals surface area contributed by atoms with Crippen LogP contribution in [-0.4, -0.2) is 37.2 Å². The number of methoxy groups -OCH3 is 1. The number of hydrogen-bond acceptors (Lipinski definition) is 5. The van der Waals surface area contributed by atoms with Crippen molar-refractivity contribution in [1.29, 1.82) is 0 Å². The molecule has 1 aliphatic rings. The summed E-state index contributed by atoms with van der Waals surface area (Å²) in [5.74, 6) is -0.373. The maximum absolute atomic E-state index is 12.2. The van der Waals surface area contributed by atoms with Gasteiger partial charge in [-0.15, -0.1) is 0 Å². The van der Waals surface area contributed by atoms with Gasteiger partial charge in [0.2, 0.25) is 5.91 Å². The monoisotopic (exact) mass is 362 g/mol. The molecule has 7 nitrogen and oxygen atoms in total. The quantitative estimate of drug-likeness (QED) is 0.756. The highest BCUT2D eigenvalue weighted by Crippen LogP contribution is 2.32. The van der Waals surface area contributed by atoms with Gasteiger partial charge in [-0.2, -0.15) is 0 Å². The molecule has 0 aromatic heterocycles. The SMILES string of the molecule is COC(=O)C1(NC(=O)CNC(=O)OCc2ccccc2)CCC(C)CC1. The fourth-order valence-corrected chi connectivity index (χ4v) is 3.07. The van der Waals surface area contributed by atoms with E-state index in [2.05, 4.69) is 17.6 Å². The molecule has 0 heterocycles. The highest BCUT2D eigenvalue weighted by atomic mass is 16.5. The molecule has 1 aromatic rings. The Morgan fingerprint density at radius 1 is 1.15 bits per heavy atom. The number of benzene rings is 1.